The molecule has 1 aromatic heterocycles. The first-order chi connectivity index (χ1) is 9.66. The van der Waals surface area contributed by atoms with Gasteiger partial charge in [-0.25, -0.2) is 9.97 Å². The van der Waals surface area contributed by atoms with E-state index in [0.29, 0.717) is 0 Å². The number of hydrogen-bond donors (Lipinski definition) is 0. The number of hydrogen-bond acceptors (Lipinski definition) is 3. The molecule has 100 valence electrons. The minimum atomic E-state index is 0.736. The van der Waals surface area contributed by atoms with E-state index in [9.17, 15) is 0 Å². The van der Waals surface area contributed by atoms with E-state index in [4.69, 9.17) is 4.98 Å². The molecule has 0 N–H and O–H groups in total. The van der Waals surface area contributed by atoms with Crippen LogP contribution in [0, 0.1) is 0 Å². The van der Waals surface area contributed by atoms with E-state index in [0.717, 1.165) is 32.6 Å². The Labute approximate surface area is 126 Å². The third kappa shape index (κ3) is 2.27. The Morgan fingerprint density at radius 3 is 2.35 bits per heavy atom. The zero-order valence-electron chi connectivity index (χ0n) is 11.3. The summed E-state index contributed by atoms with van der Waals surface area (Å²) in [4.78, 5) is 11.4. The van der Waals surface area contributed by atoms with Crippen LogP contribution in [0.3, 0.4) is 0 Å². The third-order valence-corrected chi connectivity index (χ3v) is 3.81. The molecule has 1 heterocycles. The fourth-order valence-corrected chi connectivity index (χ4v) is 2.63. The number of para-hydroxylation sites is 1. The average molecular weight is 328 g/mol. The van der Waals surface area contributed by atoms with Gasteiger partial charge < -0.3 is 4.90 Å². The fraction of sp³-hybridized carbons (Fsp3) is 0.125. The van der Waals surface area contributed by atoms with E-state index in [1.54, 1.807) is 0 Å². The van der Waals surface area contributed by atoms with Crippen molar-refractivity contribution in [2.75, 3.05) is 19.0 Å². The molecule has 0 atom stereocenters. The summed E-state index contributed by atoms with van der Waals surface area (Å²) in [6.45, 7) is 0. The van der Waals surface area contributed by atoms with Gasteiger partial charge in [-0.3, -0.25) is 0 Å². The first-order valence-electron chi connectivity index (χ1n) is 6.36. The lowest BCUT2D eigenvalue weighted by Crippen LogP contribution is -2.12. The Morgan fingerprint density at radius 1 is 0.900 bits per heavy atom. The minimum absolute atomic E-state index is 0.736. The van der Waals surface area contributed by atoms with Gasteiger partial charge in [-0.2, -0.15) is 0 Å². The van der Waals surface area contributed by atoms with E-state index in [1.807, 2.05) is 61.5 Å². The standard InChI is InChI=1S/C16H14BrN3/c1-20(2)16-12-8-4-6-10-14(12)18-15(19-16)11-7-3-5-9-13(11)17/h3-10H,1-2H3. The Hall–Kier alpha value is -1.94. The maximum Gasteiger partial charge on any atom is 0.163 e. The van der Waals surface area contributed by atoms with Crippen LogP contribution in [0.15, 0.2) is 53.0 Å². The van der Waals surface area contributed by atoms with Crippen LogP contribution < -0.4 is 4.90 Å². The zero-order valence-corrected chi connectivity index (χ0v) is 12.9. The summed E-state index contributed by atoms with van der Waals surface area (Å²) < 4.78 is 1.000. The number of benzene rings is 2. The van der Waals surface area contributed by atoms with Crippen molar-refractivity contribution < 1.29 is 0 Å². The van der Waals surface area contributed by atoms with Crippen LogP contribution >= 0.6 is 15.9 Å². The number of fused-ring (bicyclic) bond motifs is 1. The SMILES string of the molecule is CN(C)c1nc(-c2ccccc2Br)nc2ccccc12. The second kappa shape index (κ2) is 5.21. The number of nitrogens with zero attached hydrogens (tertiary/aromatic N) is 3. The summed E-state index contributed by atoms with van der Waals surface area (Å²) in [5.41, 5.74) is 1.96. The highest BCUT2D eigenvalue weighted by molar-refractivity contribution is 9.10. The monoisotopic (exact) mass is 327 g/mol. The third-order valence-electron chi connectivity index (χ3n) is 3.12. The molecule has 0 unspecified atom stereocenters. The van der Waals surface area contributed by atoms with Crippen LogP contribution in [-0.4, -0.2) is 24.1 Å². The number of anilines is 1. The molecule has 0 aliphatic heterocycles. The van der Waals surface area contributed by atoms with Crippen molar-refractivity contribution in [2.24, 2.45) is 0 Å². The second-order valence-corrected chi connectivity index (χ2v) is 5.62. The molecule has 2 aromatic carbocycles. The van der Waals surface area contributed by atoms with E-state index >= 15 is 0 Å². The summed E-state index contributed by atoms with van der Waals surface area (Å²) in [6, 6.07) is 16.1. The van der Waals surface area contributed by atoms with Crippen molar-refractivity contribution >= 4 is 32.7 Å². The summed E-state index contributed by atoms with van der Waals surface area (Å²) in [5, 5.41) is 1.06. The quantitative estimate of drug-likeness (QED) is 0.708. The van der Waals surface area contributed by atoms with Gasteiger partial charge in [-0.15, -0.1) is 0 Å². The highest BCUT2D eigenvalue weighted by Crippen LogP contribution is 2.30. The summed E-state index contributed by atoms with van der Waals surface area (Å²) >= 11 is 3.57. The molecule has 0 bridgehead atoms. The summed E-state index contributed by atoms with van der Waals surface area (Å²) in [5.74, 6) is 1.67. The Morgan fingerprint density at radius 2 is 1.60 bits per heavy atom. The zero-order chi connectivity index (χ0) is 14.1. The van der Waals surface area contributed by atoms with Crippen molar-refractivity contribution in [3.8, 4) is 11.4 Å². The van der Waals surface area contributed by atoms with Crippen molar-refractivity contribution in [3.63, 3.8) is 0 Å². The fourth-order valence-electron chi connectivity index (χ4n) is 2.16. The van der Waals surface area contributed by atoms with Gasteiger partial charge in [0.15, 0.2) is 5.82 Å². The largest absolute Gasteiger partial charge is 0.362 e. The minimum Gasteiger partial charge on any atom is -0.362 e. The maximum atomic E-state index is 4.72. The number of aromatic nitrogens is 2. The number of rotatable bonds is 2. The molecule has 3 nitrogen and oxygen atoms in total. The predicted octanol–water partition coefficient (Wildman–Crippen LogP) is 4.13. The molecule has 0 aliphatic rings. The van der Waals surface area contributed by atoms with Crippen LogP contribution in [0.1, 0.15) is 0 Å². The van der Waals surface area contributed by atoms with Crippen molar-refractivity contribution in [1.82, 2.24) is 9.97 Å². The van der Waals surface area contributed by atoms with Gasteiger partial charge >= 0.3 is 0 Å². The lowest BCUT2D eigenvalue weighted by molar-refractivity contribution is 1.06. The van der Waals surface area contributed by atoms with Gasteiger partial charge in [0.05, 0.1) is 5.52 Å². The van der Waals surface area contributed by atoms with Gasteiger partial charge in [-0.05, 0) is 18.2 Å². The average Bonchev–Trinajstić information content (AvgIpc) is 2.46. The van der Waals surface area contributed by atoms with Gasteiger partial charge in [0.25, 0.3) is 0 Å². The van der Waals surface area contributed by atoms with E-state index in [1.165, 1.54) is 0 Å². The Kier molecular flexibility index (Phi) is 3.40. The first kappa shape index (κ1) is 13.1. The number of halogens is 1. The topological polar surface area (TPSA) is 29.0 Å². The molecule has 20 heavy (non-hydrogen) atoms. The highest BCUT2D eigenvalue weighted by atomic mass is 79.9. The Bertz CT molecular complexity index is 769. The van der Waals surface area contributed by atoms with Crippen LogP contribution in [-0.2, 0) is 0 Å². The van der Waals surface area contributed by atoms with Crippen molar-refractivity contribution in [3.05, 3.63) is 53.0 Å². The molecular formula is C16H14BrN3. The van der Waals surface area contributed by atoms with Crippen LogP contribution in [0.2, 0.25) is 0 Å². The molecule has 4 heteroatoms. The smallest absolute Gasteiger partial charge is 0.163 e. The van der Waals surface area contributed by atoms with Crippen molar-refractivity contribution in [1.29, 1.82) is 0 Å². The molecule has 0 amide bonds. The van der Waals surface area contributed by atoms with Crippen molar-refractivity contribution in [2.45, 2.75) is 0 Å². The highest BCUT2D eigenvalue weighted by Gasteiger charge is 2.12. The van der Waals surface area contributed by atoms with Gasteiger partial charge in [0, 0.05) is 29.5 Å². The normalized spacial score (nSPS) is 10.8. The molecule has 0 saturated heterocycles. The first-order valence-corrected chi connectivity index (χ1v) is 7.15. The molecule has 0 aliphatic carbocycles. The molecule has 0 saturated carbocycles. The van der Waals surface area contributed by atoms with Gasteiger partial charge in [0.2, 0.25) is 0 Å². The molecule has 3 aromatic rings. The predicted molar refractivity (Wildman–Crippen MR) is 87.0 cm³/mol. The van der Waals surface area contributed by atoms with Gasteiger partial charge in [-0.1, -0.05) is 46.3 Å². The van der Waals surface area contributed by atoms with E-state index in [2.05, 4.69) is 27.0 Å². The lowest BCUT2D eigenvalue weighted by atomic mass is 10.2. The molecule has 0 spiro atoms. The van der Waals surface area contributed by atoms with Gasteiger partial charge in [0.1, 0.15) is 5.82 Å². The van der Waals surface area contributed by atoms with Crippen LogP contribution in [0.4, 0.5) is 5.82 Å². The second-order valence-electron chi connectivity index (χ2n) is 4.76. The van der Waals surface area contributed by atoms with E-state index < -0.39 is 0 Å². The van der Waals surface area contributed by atoms with Crippen LogP contribution in [0.5, 0.6) is 0 Å². The van der Waals surface area contributed by atoms with E-state index in [-0.39, 0.29) is 0 Å². The molecule has 0 radical (unpaired) electrons. The lowest BCUT2D eigenvalue weighted by Gasteiger charge is -2.15. The summed E-state index contributed by atoms with van der Waals surface area (Å²) in [7, 11) is 4.00. The Balaban J connectivity index is 2.30. The summed E-state index contributed by atoms with van der Waals surface area (Å²) in [6.07, 6.45) is 0. The molecular weight excluding hydrogens is 314 g/mol. The molecule has 3 rings (SSSR count). The maximum absolute atomic E-state index is 4.72. The van der Waals surface area contributed by atoms with Crippen LogP contribution in [0.25, 0.3) is 22.3 Å². The molecule has 0 fully saturated rings.